The maximum Gasteiger partial charge on any atom is 0.252 e. The smallest absolute Gasteiger partial charge is 0.252 e. The summed E-state index contributed by atoms with van der Waals surface area (Å²) in [4.78, 5) is 17.3. The molecule has 0 aliphatic carbocycles. The minimum Gasteiger partial charge on any atom is -0.352 e. The van der Waals surface area contributed by atoms with Crippen molar-refractivity contribution < 1.29 is 9.18 Å². The first-order chi connectivity index (χ1) is 20.6. The van der Waals surface area contributed by atoms with Crippen LogP contribution in [0.1, 0.15) is 28.0 Å². The lowest BCUT2D eigenvalue weighted by Crippen LogP contribution is -2.27. The molecule has 0 bridgehead atoms. The molecule has 7 nitrogen and oxygen atoms in total. The van der Waals surface area contributed by atoms with Crippen LogP contribution in [0.2, 0.25) is 5.02 Å². The number of aromatic nitrogens is 4. The molecule has 9 heteroatoms. The largest absolute Gasteiger partial charge is 0.352 e. The molecule has 1 aliphatic rings. The first-order valence-electron chi connectivity index (χ1n) is 14.0. The van der Waals surface area contributed by atoms with E-state index >= 15 is 0 Å². The number of nitrogens with one attached hydrogen (secondary N) is 2. The topological polar surface area (TPSA) is 76.2 Å². The maximum atomic E-state index is 13.7. The Kier molecular flexibility index (Phi) is 6.93. The normalized spacial score (nSPS) is 13.0. The Hall–Kier alpha value is -4.53. The van der Waals surface area contributed by atoms with Gasteiger partial charge in [0.1, 0.15) is 11.5 Å². The number of carbonyl (C=O) groups excluding carboxylic acids is 1. The third-order valence-electron chi connectivity index (χ3n) is 7.92. The summed E-state index contributed by atoms with van der Waals surface area (Å²) in [5, 5.41) is 13.3. The average molecular weight is 579 g/mol. The van der Waals surface area contributed by atoms with Gasteiger partial charge in [-0.1, -0.05) is 11.6 Å². The molecule has 1 aliphatic heterocycles. The highest BCUT2D eigenvalue weighted by atomic mass is 35.5. The lowest BCUT2D eigenvalue weighted by Gasteiger charge is -2.17. The Morgan fingerprint density at radius 2 is 1.81 bits per heavy atom. The van der Waals surface area contributed by atoms with E-state index in [1.807, 2.05) is 30.3 Å². The molecule has 0 fully saturated rings. The number of fused-ring (bicyclic) bond motifs is 4. The zero-order valence-corrected chi connectivity index (χ0v) is 23.5. The molecular weight excluding hydrogens is 551 g/mol. The van der Waals surface area contributed by atoms with Gasteiger partial charge in [0.2, 0.25) is 0 Å². The van der Waals surface area contributed by atoms with E-state index in [2.05, 4.69) is 32.3 Å². The van der Waals surface area contributed by atoms with E-state index in [4.69, 9.17) is 16.7 Å². The molecule has 0 radical (unpaired) electrons. The van der Waals surface area contributed by atoms with Crippen LogP contribution < -0.4 is 10.6 Å². The third-order valence-corrected chi connectivity index (χ3v) is 8.15. The van der Waals surface area contributed by atoms with Crippen LogP contribution in [0.25, 0.3) is 38.8 Å². The van der Waals surface area contributed by atoms with E-state index in [0.717, 1.165) is 59.7 Å². The summed E-state index contributed by atoms with van der Waals surface area (Å²) in [6.45, 7) is 3.13. The third kappa shape index (κ3) is 4.82. The number of benzene rings is 2. The lowest BCUT2D eigenvalue weighted by molar-refractivity contribution is 0.0952. The molecular formula is C33H28ClFN6O. The second-order valence-electron chi connectivity index (χ2n) is 10.5. The molecule has 210 valence electrons. The Morgan fingerprint density at radius 3 is 2.64 bits per heavy atom. The maximum absolute atomic E-state index is 13.7. The SMILES string of the molecule is O=C(NCCCn1c2c(c3cc(Cl)ccc31)CCNC2)c1ccc2c(-c3ccncc3)c(-c3ccc(F)cc3)nn2c1. The molecule has 4 aromatic heterocycles. The Labute approximate surface area is 247 Å². The van der Waals surface area contributed by atoms with E-state index in [1.54, 1.807) is 35.2 Å². The van der Waals surface area contributed by atoms with Crippen LogP contribution in [-0.4, -0.2) is 38.2 Å². The van der Waals surface area contributed by atoms with Crippen molar-refractivity contribution in [2.75, 3.05) is 13.1 Å². The van der Waals surface area contributed by atoms with Gasteiger partial charge >= 0.3 is 0 Å². The highest BCUT2D eigenvalue weighted by molar-refractivity contribution is 6.31. The number of carbonyl (C=O) groups is 1. The number of pyridine rings is 2. The molecule has 0 saturated carbocycles. The number of hydrogen-bond acceptors (Lipinski definition) is 4. The molecule has 5 heterocycles. The second kappa shape index (κ2) is 11.0. The lowest BCUT2D eigenvalue weighted by atomic mass is 10.0. The monoisotopic (exact) mass is 578 g/mol. The van der Waals surface area contributed by atoms with Crippen molar-refractivity contribution in [3.63, 3.8) is 0 Å². The van der Waals surface area contributed by atoms with Gasteiger partial charge in [0.05, 0.1) is 11.1 Å². The average Bonchev–Trinajstić information content (AvgIpc) is 3.55. The van der Waals surface area contributed by atoms with Gasteiger partial charge in [-0.25, -0.2) is 8.91 Å². The molecule has 6 aromatic rings. The highest BCUT2D eigenvalue weighted by Gasteiger charge is 2.21. The van der Waals surface area contributed by atoms with Crippen LogP contribution in [0.3, 0.4) is 0 Å². The molecule has 0 spiro atoms. The summed E-state index contributed by atoms with van der Waals surface area (Å²) in [5.41, 5.74) is 8.54. The van der Waals surface area contributed by atoms with Crippen molar-refractivity contribution in [2.45, 2.75) is 25.9 Å². The number of halogens is 2. The van der Waals surface area contributed by atoms with Crippen LogP contribution in [0.15, 0.2) is 85.3 Å². The van der Waals surface area contributed by atoms with Gasteiger partial charge in [0.25, 0.3) is 5.91 Å². The Balaban J connectivity index is 1.11. The predicted octanol–water partition coefficient (Wildman–Crippen LogP) is 6.28. The van der Waals surface area contributed by atoms with Crippen molar-refractivity contribution in [1.29, 1.82) is 0 Å². The summed E-state index contributed by atoms with van der Waals surface area (Å²) in [6.07, 6.45) is 6.97. The van der Waals surface area contributed by atoms with Crippen molar-refractivity contribution in [3.8, 4) is 22.4 Å². The van der Waals surface area contributed by atoms with Crippen LogP contribution in [-0.2, 0) is 19.5 Å². The summed E-state index contributed by atoms with van der Waals surface area (Å²) in [5.74, 6) is -0.466. The molecule has 1 amide bonds. The molecule has 42 heavy (non-hydrogen) atoms. The number of nitrogens with zero attached hydrogens (tertiary/aromatic N) is 4. The van der Waals surface area contributed by atoms with Crippen LogP contribution in [0.4, 0.5) is 4.39 Å². The molecule has 0 unspecified atom stereocenters. The Morgan fingerprint density at radius 1 is 1.00 bits per heavy atom. The summed E-state index contributed by atoms with van der Waals surface area (Å²) >= 11 is 6.31. The van der Waals surface area contributed by atoms with Gasteiger partial charge in [-0.3, -0.25) is 9.78 Å². The van der Waals surface area contributed by atoms with E-state index in [0.29, 0.717) is 17.8 Å². The fourth-order valence-corrected chi connectivity index (χ4v) is 6.12. The molecule has 0 atom stereocenters. The molecule has 2 aromatic carbocycles. The molecule has 7 rings (SSSR count). The van der Waals surface area contributed by atoms with Gasteiger partial charge in [-0.05, 0) is 97.2 Å². The zero-order chi connectivity index (χ0) is 28.6. The van der Waals surface area contributed by atoms with E-state index in [1.165, 1.54) is 34.3 Å². The minimum atomic E-state index is -0.308. The Bertz CT molecular complexity index is 1930. The fraction of sp³-hybridized carbons (Fsp3) is 0.182. The fourth-order valence-electron chi connectivity index (χ4n) is 5.94. The predicted molar refractivity (Wildman–Crippen MR) is 163 cm³/mol. The number of hydrogen-bond donors (Lipinski definition) is 2. The van der Waals surface area contributed by atoms with Crippen LogP contribution in [0.5, 0.6) is 0 Å². The summed E-state index contributed by atoms with van der Waals surface area (Å²) in [6, 6.07) is 19.9. The summed E-state index contributed by atoms with van der Waals surface area (Å²) < 4.78 is 17.7. The van der Waals surface area contributed by atoms with Crippen LogP contribution >= 0.6 is 11.6 Å². The zero-order valence-electron chi connectivity index (χ0n) is 22.8. The van der Waals surface area contributed by atoms with Crippen molar-refractivity contribution in [3.05, 3.63) is 113 Å². The number of aryl methyl sites for hydroxylation is 1. The van der Waals surface area contributed by atoms with Crippen molar-refractivity contribution in [1.82, 2.24) is 29.8 Å². The first kappa shape index (κ1) is 26.4. The standard InChI is InChI=1S/C33H28ClFN6O/c34-24-5-9-28-27(18-24)26-12-16-37-19-30(26)40(28)17-1-13-38-33(42)23-4-8-29-31(21-10-14-36-15-11-21)32(39-41(29)20-23)22-2-6-25(35)7-3-22/h2-11,14-15,18,20,37H,1,12-13,16-17,19H2,(H,38,42). The van der Waals surface area contributed by atoms with Gasteiger partial charge < -0.3 is 15.2 Å². The van der Waals surface area contributed by atoms with Gasteiger partial charge in [0, 0.05) is 71.0 Å². The van der Waals surface area contributed by atoms with E-state index in [9.17, 15) is 9.18 Å². The van der Waals surface area contributed by atoms with Gasteiger partial charge in [-0.15, -0.1) is 0 Å². The quantitative estimate of drug-likeness (QED) is 0.219. The van der Waals surface area contributed by atoms with Gasteiger partial charge in [0.15, 0.2) is 0 Å². The summed E-state index contributed by atoms with van der Waals surface area (Å²) in [7, 11) is 0. The molecule has 0 saturated heterocycles. The van der Waals surface area contributed by atoms with Crippen LogP contribution in [0, 0.1) is 5.82 Å². The number of amides is 1. The van der Waals surface area contributed by atoms with E-state index < -0.39 is 0 Å². The first-order valence-corrected chi connectivity index (χ1v) is 14.4. The van der Waals surface area contributed by atoms with Crippen molar-refractivity contribution in [2.24, 2.45) is 0 Å². The second-order valence-corrected chi connectivity index (χ2v) is 10.9. The minimum absolute atomic E-state index is 0.158. The van der Waals surface area contributed by atoms with Gasteiger partial charge in [-0.2, -0.15) is 5.10 Å². The number of rotatable bonds is 7. The highest BCUT2D eigenvalue weighted by Crippen LogP contribution is 2.35. The molecule has 2 N–H and O–H groups in total. The van der Waals surface area contributed by atoms with Crippen molar-refractivity contribution >= 4 is 33.9 Å². The van der Waals surface area contributed by atoms with E-state index in [-0.39, 0.29) is 11.7 Å².